The van der Waals surface area contributed by atoms with Gasteiger partial charge in [-0.15, -0.1) is 0 Å². The van der Waals surface area contributed by atoms with Crippen LogP contribution in [0, 0.1) is 0 Å². The third-order valence-corrected chi connectivity index (χ3v) is 7.96. The van der Waals surface area contributed by atoms with E-state index in [0.29, 0.717) is 48.6 Å². The fourth-order valence-corrected chi connectivity index (χ4v) is 5.71. The number of amides is 1. The van der Waals surface area contributed by atoms with Crippen LogP contribution in [0.2, 0.25) is 0 Å². The summed E-state index contributed by atoms with van der Waals surface area (Å²) in [5.41, 5.74) is 1.64. The van der Waals surface area contributed by atoms with Gasteiger partial charge in [-0.3, -0.25) is 4.79 Å². The van der Waals surface area contributed by atoms with Crippen LogP contribution in [0.1, 0.15) is 42.3 Å². The number of benzene rings is 2. The summed E-state index contributed by atoms with van der Waals surface area (Å²) in [6.45, 7) is 4.61. The van der Waals surface area contributed by atoms with Crippen molar-refractivity contribution in [2.75, 3.05) is 38.5 Å². The quantitative estimate of drug-likeness (QED) is 0.556. The number of nitrogens with zero attached hydrogens (tertiary/aromatic N) is 2. The van der Waals surface area contributed by atoms with Gasteiger partial charge >= 0.3 is 0 Å². The first-order chi connectivity index (χ1) is 15.9. The van der Waals surface area contributed by atoms with E-state index in [1.165, 1.54) is 10.4 Å². The first-order valence-electron chi connectivity index (χ1n) is 11.5. The Labute approximate surface area is 195 Å². The van der Waals surface area contributed by atoms with Gasteiger partial charge < -0.3 is 14.6 Å². The molecular formula is C25H31N3O4S. The van der Waals surface area contributed by atoms with Gasteiger partial charge in [0.1, 0.15) is 11.3 Å². The zero-order valence-electron chi connectivity index (χ0n) is 19.2. The lowest BCUT2D eigenvalue weighted by Gasteiger charge is -2.20. The van der Waals surface area contributed by atoms with Crippen molar-refractivity contribution < 1.29 is 17.6 Å². The van der Waals surface area contributed by atoms with Crippen molar-refractivity contribution >= 4 is 32.6 Å². The lowest BCUT2D eigenvalue weighted by Crippen LogP contribution is -2.34. The van der Waals surface area contributed by atoms with Gasteiger partial charge in [0.25, 0.3) is 5.91 Å². The predicted molar refractivity (Wildman–Crippen MR) is 130 cm³/mol. The number of carbonyl (C=O) groups excluding carboxylic acids is 1. The number of anilines is 1. The average Bonchev–Trinajstić information content (AvgIpc) is 3.03. The van der Waals surface area contributed by atoms with Crippen molar-refractivity contribution in [3.05, 3.63) is 59.9 Å². The number of furan rings is 1. The molecule has 7 nitrogen and oxygen atoms in total. The molecule has 1 fully saturated rings. The highest BCUT2D eigenvalue weighted by molar-refractivity contribution is 7.89. The number of likely N-dealkylation sites (N-methyl/N-ethyl adjacent to an activating group) is 1. The van der Waals surface area contributed by atoms with Crippen molar-refractivity contribution in [3.8, 4) is 0 Å². The Morgan fingerprint density at radius 1 is 1.06 bits per heavy atom. The first kappa shape index (κ1) is 23.5. The van der Waals surface area contributed by atoms with E-state index in [0.717, 1.165) is 31.2 Å². The lowest BCUT2D eigenvalue weighted by atomic mass is 10.1. The molecule has 0 atom stereocenters. The van der Waals surface area contributed by atoms with Crippen LogP contribution in [0.5, 0.6) is 0 Å². The molecule has 2 heterocycles. The van der Waals surface area contributed by atoms with E-state index in [2.05, 4.69) is 17.1 Å². The van der Waals surface area contributed by atoms with Crippen molar-refractivity contribution in [2.45, 2.75) is 37.5 Å². The molecule has 176 valence electrons. The Bertz CT molecular complexity index is 1240. The third-order valence-electron chi connectivity index (χ3n) is 6.06. The fraction of sp³-hybridized carbons (Fsp3) is 0.400. The Morgan fingerprint density at radius 3 is 2.70 bits per heavy atom. The maximum absolute atomic E-state index is 13.3. The number of hydrogen-bond donors (Lipinski definition) is 1. The van der Waals surface area contributed by atoms with Crippen LogP contribution in [0.3, 0.4) is 0 Å². The maximum Gasteiger partial charge on any atom is 0.259 e. The molecule has 0 aliphatic carbocycles. The number of hydrogen-bond acceptors (Lipinski definition) is 5. The highest BCUT2D eigenvalue weighted by Gasteiger charge is 2.27. The topological polar surface area (TPSA) is 82.9 Å². The van der Waals surface area contributed by atoms with E-state index < -0.39 is 10.0 Å². The predicted octanol–water partition coefficient (Wildman–Crippen LogP) is 4.35. The summed E-state index contributed by atoms with van der Waals surface area (Å²) in [6, 6.07) is 14.0. The van der Waals surface area contributed by atoms with E-state index in [4.69, 9.17) is 4.42 Å². The van der Waals surface area contributed by atoms with E-state index >= 15 is 0 Å². The highest BCUT2D eigenvalue weighted by Crippen LogP contribution is 2.29. The Balaban J connectivity index is 1.60. The molecule has 2 aromatic carbocycles. The molecule has 0 bridgehead atoms. The number of unbranched alkanes of at least 4 members (excludes halogenated alkanes) is 1. The van der Waals surface area contributed by atoms with Crippen molar-refractivity contribution in [2.24, 2.45) is 0 Å². The second-order valence-electron chi connectivity index (χ2n) is 8.54. The van der Waals surface area contributed by atoms with Crippen molar-refractivity contribution in [1.29, 1.82) is 0 Å². The maximum atomic E-state index is 13.3. The lowest BCUT2D eigenvalue weighted by molar-refractivity contribution is 0.102. The van der Waals surface area contributed by atoms with Crippen molar-refractivity contribution in [3.63, 3.8) is 0 Å². The van der Waals surface area contributed by atoms with Gasteiger partial charge in [0.05, 0.1) is 10.5 Å². The molecule has 1 aliphatic rings. The summed E-state index contributed by atoms with van der Waals surface area (Å²) in [6.07, 6.45) is 3.37. The van der Waals surface area contributed by atoms with E-state index in [-0.39, 0.29) is 10.8 Å². The van der Waals surface area contributed by atoms with Crippen LogP contribution < -0.4 is 5.32 Å². The number of rotatable bonds is 7. The number of fused-ring (bicyclic) bond motifs is 1. The summed E-state index contributed by atoms with van der Waals surface area (Å²) in [4.78, 5) is 15.6. The molecule has 0 saturated carbocycles. The van der Waals surface area contributed by atoms with Crippen molar-refractivity contribution in [1.82, 2.24) is 9.21 Å². The highest BCUT2D eigenvalue weighted by atomic mass is 32.2. The molecule has 3 aromatic rings. The largest absolute Gasteiger partial charge is 0.460 e. The van der Waals surface area contributed by atoms with Crippen LogP contribution >= 0.6 is 0 Å². The zero-order valence-corrected chi connectivity index (χ0v) is 20.0. The van der Waals surface area contributed by atoms with Gasteiger partial charge in [0, 0.05) is 37.1 Å². The van der Waals surface area contributed by atoms with Gasteiger partial charge in [-0.1, -0.05) is 37.6 Å². The van der Waals surface area contributed by atoms with Crippen LogP contribution in [-0.2, 0) is 16.4 Å². The molecule has 0 unspecified atom stereocenters. The normalized spacial score (nSPS) is 16.1. The summed E-state index contributed by atoms with van der Waals surface area (Å²) in [7, 11) is -1.64. The molecule has 1 aliphatic heterocycles. The van der Waals surface area contributed by atoms with Crippen LogP contribution in [0.15, 0.2) is 57.8 Å². The van der Waals surface area contributed by atoms with Crippen LogP contribution in [0.4, 0.5) is 5.69 Å². The van der Waals surface area contributed by atoms with Gasteiger partial charge in [0.15, 0.2) is 0 Å². The molecule has 8 heteroatoms. The van der Waals surface area contributed by atoms with E-state index in [1.807, 2.05) is 31.3 Å². The second kappa shape index (κ2) is 10.1. The smallest absolute Gasteiger partial charge is 0.259 e. The van der Waals surface area contributed by atoms with Gasteiger partial charge in [-0.25, -0.2) is 8.42 Å². The summed E-state index contributed by atoms with van der Waals surface area (Å²) >= 11 is 0. The molecule has 1 N–H and O–H groups in total. The number of para-hydroxylation sites is 1. The summed E-state index contributed by atoms with van der Waals surface area (Å²) in [5.74, 6) is 0.366. The fourth-order valence-electron chi connectivity index (χ4n) is 4.20. The van der Waals surface area contributed by atoms with Gasteiger partial charge in [-0.05, 0) is 50.7 Å². The number of nitrogens with one attached hydrogen (secondary N) is 1. The average molecular weight is 470 g/mol. The molecule has 0 spiro atoms. The number of aryl methyl sites for hydroxylation is 1. The molecule has 0 radical (unpaired) electrons. The SMILES string of the molecule is CCCCc1oc2ccccc2c1C(=O)Nc1cccc(S(=O)(=O)N2CCCN(C)CC2)c1. The Morgan fingerprint density at radius 2 is 1.88 bits per heavy atom. The molecule has 33 heavy (non-hydrogen) atoms. The summed E-state index contributed by atoms with van der Waals surface area (Å²) in [5, 5.41) is 3.66. The number of sulfonamides is 1. The first-order valence-corrected chi connectivity index (χ1v) is 12.9. The summed E-state index contributed by atoms with van der Waals surface area (Å²) < 4.78 is 34.0. The molecule has 1 aromatic heterocycles. The minimum atomic E-state index is -3.64. The molecular weight excluding hydrogens is 438 g/mol. The molecule has 4 rings (SSSR count). The minimum absolute atomic E-state index is 0.188. The minimum Gasteiger partial charge on any atom is -0.460 e. The zero-order chi connectivity index (χ0) is 23.4. The monoisotopic (exact) mass is 469 g/mol. The van der Waals surface area contributed by atoms with Crippen LogP contribution in [-0.4, -0.2) is 56.8 Å². The third kappa shape index (κ3) is 5.13. The molecule has 1 amide bonds. The Kier molecular flexibility index (Phi) is 7.17. The van der Waals surface area contributed by atoms with Crippen LogP contribution in [0.25, 0.3) is 11.0 Å². The van der Waals surface area contributed by atoms with E-state index in [9.17, 15) is 13.2 Å². The van der Waals surface area contributed by atoms with E-state index in [1.54, 1.807) is 18.2 Å². The standard InChI is InChI=1S/C25H31N3O4S/c1-3-4-12-23-24(21-11-5-6-13-22(21)32-23)25(29)26-19-9-7-10-20(18-19)33(30,31)28-15-8-14-27(2)16-17-28/h5-7,9-11,13,18H,3-4,8,12,14-17H2,1-2H3,(H,26,29). The number of carbonyl (C=O) groups is 1. The van der Waals surface area contributed by atoms with Gasteiger partial charge in [0.2, 0.25) is 10.0 Å². The van der Waals surface area contributed by atoms with Gasteiger partial charge in [-0.2, -0.15) is 4.31 Å². The second-order valence-corrected chi connectivity index (χ2v) is 10.5. The Hall–Kier alpha value is -2.68. The molecule has 1 saturated heterocycles.